The van der Waals surface area contributed by atoms with E-state index in [1.807, 2.05) is 0 Å². The Labute approximate surface area is 120 Å². The number of carboxylic acid groups (broad SMARTS) is 1. The first-order valence-corrected chi connectivity index (χ1v) is 6.93. The van der Waals surface area contributed by atoms with Gasteiger partial charge in [0.25, 0.3) is 0 Å². The second-order valence-corrected chi connectivity index (χ2v) is 5.51. The smallest absolute Gasteiger partial charge is 0.342 e. The van der Waals surface area contributed by atoms with Gasteiger partial charge in [0.2, 0.25) is 0 Å². The Bertz CT molecular complexity index is 588. The van der Waals surface area contributed by atoms with Crippen molar-refractivity contribution in [2.75, 3.05) is 18.4 Å². The predicted octanol–water partition coefficient (Wildman–Crippen LogP) is 1.34. The van der Waals surface area contributed by atoms with Gasteiger partial charge < -0.3 is 10.4 Å². The minimum absolute atomic E-state index is 0.209. The van der Waals surface area contributed by atoms with Crippen LogP contribution in [0.4, 0.5) is 11.5 Å². The van der Waals surface area contributed by atoms with Crippen LogP contribution in [0.1, 0.15) is 29.6 Å². The van der Waals surface area contributed by atoms with Crippen LogP contribution in [0.3, 0.4) is 0 Å². The van der Waals surface area contributed by atoms with E-state index in [-0.39, 0.29) is 11.6 Å². The number of likely N-dealkylation sites (tertiary alicyclic amines) is 1. The van der Waals surface area contributed by atoms with Gasteiger partial charge in [0.15, 0.2) is 0 Å². The van der Waals surface area contributed by atoms with Gasteiger partial charge in [0.1, 0.15) is 17.6 Å². The lowest BCUT2D eigenvalue weighted by atomic mass is 10.2. The topological polar surface area (TPSA) is 109 Å². The van der Waals surface area contributed by atoms with Crippen molar-refractivity contribution >= 4 is 17.5 Å². The fourth-order valence-corrected chi connectivity index (χ4v) is 2.73. The number of anilines is 1. The molecule has 3 rings (SSSR count). The Hall–Kier alpha value is -2.22. The van der Waals surface area contributed by atoms with Gasteiger partial charge in [-0.05, 0) is 19.3 Å². The first kappa shape index (κ1) is 13.7. The van der Waals surface area contributed by atoms with E-state index < -0.39 is 16.6 Å². The van der Waals surface area contributed by atoms with Gasteiger partial charge >= 0.3 is 11.7 Å². The molecule has 112 valence electrons. The summed E-state index contributed by atoms with van der Waals surface area (Å²) in [6.07, 6.45) is 4.48. The molecule has 0 aromatic carbocycles. The highest BCUT2D eigenvalue weighted by Gasteiger charge is 2.34. The van der Waals surface area contributed by atoms with Crippen molar-refractivity contribution in [2.45, 2.75) is 31.3 Å². The average molecular weight is 292 g/mol. The van der Waals surface area contributed by atoms with Crippen molar-refractivity contribution in [1.29, 1.82) is 0 Å². The van der Waals surface area contributed by atoms with E-state index in [2.05, 4.69) is 15.2 Å². The van der Waals surface area contributed by atoms with Crippen LogP contribution in [-0.2, 0) is 0 Å². The Morgan fingerprint density at radius 2 is 2.24 bits per heavy atom. The van der Waals surface area contributed by atoms with Crippen molar-refractivity contribution < 1.29 is 14.8 Å². The molecule has 0 radical (unpaired) electrons. The van der Waals surface area contributed by atoms with E-state index in [1.165, 1.54) is 18.9 Å². The minimum atomic E-state index is -1.32. The average Bonchev–Trinajstić information content (AvgIpc) is 3.19. The standard InChI is InChI=1S/C13H16N4O4/c18-13(19)10-5-12(14-6-11(10)17(20)21)15-8-3-4-16(7-8)9-1-2-9/h5-6,8-9H,1-4,7H2,(H,14,15)(H,18,19). The van der Waals surface area contributed by atoms with E-state index >= 15 is 0 Å². The molecule has 1 atom stereocenters. The van der Waals surface area contributed by atoms with Crippen LogP contribution in [0.15, 0.2) is 12.3 Å². The number of aromatic nitrogens is 1. The summed E-state index contributed by atoms with van der Waals surface area (Å²) in [5.74, 6) is -0.946. The molecule has 1 saturated carbocycles. The van der Waals surface area contributed by atoms with Gasteiger partial charge in [-0.3, -0.25) is 15.0 Å². The number of carboxylic acids is 1. The molecule has 0 bridgehead atoms. The lowest BCUT2D eigenvalue weighted by Crippen LogP contribution is -2.28. The number of carbonyl (C=O) groups is 1. The summed E-state index contributed by atoms with van der Waals surface area (Å²) in [4.78, 5) is 27.5. The molecule has 0 amide bonds. The zero-order valence-corrected chi connectivity index (χ0v) is 11.4. The summed E-state index contributed by atoms with van der Waals surface area (Å²) in [6.45, 7) is 1.94. The van der Waals surface area contributed by atoms with Gasteiger partial charge in [0.05, 0.1) is 4.92 Å². The fourth-order valence-electron chi connectivity index (χ4n) is 2.73. The Morgan fingerprint density at radius 1 is 1.48 bits per heavy atom. The molecule has 2 fully saturated rings. The number of nitro groups is 1. The summed E-state index contributed by atoms with van der Waals surface area (Å²) < 4.78 is 0. The Kier molecular flexibility index (Phi) is 3.46. The molecule has 2 N–H and O–H groups in total. The van der Waals surface area contributed by atoms with Crippen LogP contribution in [0, 0.1) is 10.1 Å². The third kappa shape index (κ3) is 2.94. The van der Waals surface area contributed by atoms with Gasteiger partial charge in [-0.25, -0.2) is 9.78 Å². The molecule has 1 aliphatic carbocycles. The Morgan fingerprint density at radius 3 is 2.86 bits per heavy atom. The zero-order valence-electron chi connectivity index (χ0n) is 11.4. The number of nitrogens with one attached hydrogen (secondary N) is 1. The molecule has 2 heterocycles. The maximum Gasteiger partial charge on any atom is 0.342 e. The zero-order chi connectivity index (χ0) is 15.0. The highest BCUT2D eigenvalue weighted by Crippen LogP contribution is 2.30. The minimum Gasteiger partial charge on any atom is -0.477 e. The molecule has 8 heteroatoms. The van der Waals surface area contributed by atoms with Crippen molar-refractivity contribution in [3.05, 3.63) is 27.9 Å². The quantitative estimate of drug-likeness (QED) is 0.622. The normalized spacial score (nSPS) is 22.2. The van der Waals surface area contributed by atoms with Crippen molar-refractivity contribution in [3.63, 3.8) is 0 Å². The maximum absolute atomic E-state index is 11.1. The molecule has 8 nitrogen and oxygen atoms in total. The van der Waals surface area contributed by atoms with Crippen LogP contribution in [-0.4, -0.2) is 51.1 Å². The second-order valence-electron chi connectivity index (χ2n) is 5.51. The van der Waals surface area contributed by atoms with E-state index in [0.717, 1.165) is 25.7 Å². The van der Waals surface area contributed by atoms with Gasteiger partial charge in [0, 0.05) is 31.2 Å². The number of aromatic carboxylic acids is 1. The van der Waals surface area contributed by atoms with Gasteiger partial charge in [-0.15, -0.1) is 0 Å². The van der Waals surface area contributed by atoms with E-state index in [9.17, 15) is 14.9 Å². The molecule has 1 aromatic rings. The summed E-state index contributed by atoms with van der Waals surface area (Å²) in [5, 5.41) is 23.0. The molecule has 1 aromatic heterocycles. The summed E-state index contributed by atoms with van der Waals surface area (Å²) in [5.41, 5.74) is -0.825. The van der Waals surface area contributed by atoms with Gasteiger partial charge in [-0.2, -0.15) is 0 Å². The van der Waals surface area contributed by atoms with E-state index in [1.54, 1.807) is 0 Å². The summed E-state index contributed by atoms with van der Waals surface area (Å²) in [6, 6.07) is 2.15. The molecule has 0 spiro atoms. The van der Waals surface area contributed by atoms with Crippen LogP contribution < -0.4 is 5.32 Å². The third-order valence-corrected chi connectivity index (χ3v) is 3.94. The molecule has 21 heavy (non-hydrogen) atoms. The molecule has 1 saturated heterocycles. The van der Waals surface area contributed by atoms with Crippen molar-refractivity contribution in [3.8, 4) is 0 Å². The van der Waals surface area contributed by atoms with Crippen LogP contribution in [0.25, 0.3) is 0 Å². The first-order valence-electron chi connectivity index (χ1n) is 6.93. The lowest BCUT2D eigenvalue weighted by Gasteiger charge is -2.16. The maximum atomic E-state index is 11.1. The van der Waals surface area contributed by atoms with Crippen molar-refractivity contribution in [1.82, 2.24) is 9.88 Å². The largest absolute Gasteiger partial charge is 0.477 e. The number of pyridine rings is 1. The van der Waals surface area contributed by atoms with Crippen molar-refractivity contribution in [2.24, 2.45) is 0 Å². The monoisotopic (exact) mass is 292 g/mol. The predicted molar refractivity (Wildman–Crippen MR) is 74.5 cm³/mol. The Balaban J connectivity index is 1.72. The molecular formula is C13H16N4O4. The summed E-state index contributed by atoms with van der Waals surface area (Å²) in [7, 11) is 0. The molecule has 2 aliphatic rings. The third-order valence-electron chi connectivity index (χ3n) is 3.94. The van der Waals surface area contributed by atoms with Crippen LogP contribution in [0.2, 0.25) is 0 Å². The number of hydrogen-bond acceptors (Lipinski definition) is 6. The highest BCUT2D eigenvalue weighted by atomic mass is 16.6. The molecule has 1 unspecified atom stereocenters. The van der Waals surface area contributed by atoms with E-state index in [4.69, 9.17) is 5.11 Å². The van der Waals surface area contributed by atoms with Gasteiger partial charge in [-0.1, -0.05) is 0 Å². The first-order chi connectivity index (χ1) is 10.0. The second kappa shape index (κ2) is 5.28. The van der Waals surface area contributed by atoms with Crippen LogP contribution >= 0.6 is 0 Å². The highest BCUT2D eigenvalue weighted by molar-refractivity contribution is 5.93. The van der Waals surface area contributed by atoms with E-state index in [0.29, 0.717) is 11.9 Å². The summed E-state index contributed by atoms with van der Waals surface area (Å²) >= 11 is 0. The molecular weight excluding hydrogens is 276 g/mol. The number of rotatable bonds is 5. The SMILES string of the molecule is O=C(O)c1cc(NC2CCN(C3CC3)C2)ncc1[N+](=O)[O-]. The number of nitrogens with zero attached hydrogens (tertiary/aromatic N) is 3. The van der Waals surface area contributed by atoms with Crippen LogP contribution in [0.5, 0.6) is 0 Å². The fraction of sp³-hybridized carbons (Fsp3) is 0.538. The lowest BCUT2D eigenvalue weighted by molar-refractivity contribution is -0.385. The molecule has 1 aliphatic heterocycles. The number of hydrogen-bond donors (Lipinski definition) is 2.